The topological polar surface area (TPSA) is 52.2 Å². The summed E-state index contributed by atoms with van der Waals surface area (Å²) in [4.78, 5) is 0. The van der Waals surface area contributed by atoms with Gasteiger partial charge in [0.1, 0.15) is 5.82 Å². The molecule has 0 aliphatic carbocycles. The zero-order valence-electron chi connectivity index (χ0n) is 8.27. The number of hydrogen-bond donors (Lipinski definition) is 1. The van der Waals surface area contributed by atoms with Crippen LogP contribution < -0.4 is 4.72 Å². The molecule has 0 saturated heterocycles. The highest BCUT2D eigenvalue weighted by molar-refractivity contribution is 7.77. The Morgan fingerprint density at radius 1 is 1.19 bits per heavy atom. The summed E-state index contributed by atoms with van der Waals surface area (Å²) >= 11 is -2.31. The molecule has 1 atom stereocenters. The Hall–Kier alpha value is -1.30. The van der Waals surface area contributed by atoms with E-state index in [0.29, 0.717) is 5.39 Å². The molecule has 0 radical (unpaired) electrons. The largest absolute Gasteiger partial charge is 0.760 e. The first-order valence-electron chi connectivity index (χ1n) is 4.67. The van der Waals surface area contributed by atoms with Crippen LogP contribution in [-0.4, -0.2) is 8.76 Å². The maximum atomic E-state index is 13.4. The highest BCUT2D eigenvalue weighted by Crippen LogP contribution is 2.21. The van der Waals surface area contributed by atoms with Gasteiger partial charge in [0.2, 0.25) is 0 Å². The Kier molecular flexibility index (Phi) is 3.28. The lowest BCUT2D eigenvalue weighted by atomic mass is 10.0. The summed E-state index contributed by atoms with van der Waals surface area (Å²) in [6.07, 6.45) is 0. The van der Waals surface area contributed by atoms with Crippen molar-refractivity contribution in [3.63, 3.8) is 0 Å². The van der Waals surface area contributed by atoms with Crippen molar-refractivity contribution in [1.82, 2.24) is 4.72 Å². The molecule has 2 rings (SSSR count). The molecule has 2 aromatic rings. The SMILES string of the molecule is O=S([O-])NCc1ccc(F)c2ccccc12. The molecule has 0 aliphatic heterocycles. The van der Waals surface area contributed by atoms with Crippen LogP contribution in [0.15, 0.2) is 36.4 Å². The van der Waals surface area contributed by atoms with Crippen molar-refractivity contribution >= 4 is 22.0 Å². The lowest BCUT2D eigenvalue weighted by Gasteiger charge is -2.10. The van der Waals surface area contributed by atoms with E-state index in [0.717, 1.165) is 10.9 Å². The van der Waals surface area contributed by atoms with E-state index in [-0.39, 0.29) is 12.4 Å². The monoisotopic (exact) mass is 238 g/mol. The third-order valence-corrected chi connectivity index (χ3v) is 2.72. The van der Waals surface area contributed by atoms with Gasteiger partial charge >= 0.3 is 0 Å². The molecule has 0 bridgehead atoms. The van der Waals surface area contributed by atoms with Gasteiger partial charge in [-0.2, -0.15) is 0 Å². The number of benzene rings is 2. The molecule has 0 fully saturated rings. The van der Waals surface area contributed by atoms with Crippen LogP contribution in [0.4, 0.5) is 4.39 Å². The first-order chi connectivity index (χ1) is 7.68. The third kappa shape index (κ3) is 2.27. The van der Waals surface area contributed by atoms with Crippen LogP contribution in [-0.2, 0) is 17.8 Å². The molecule has 0 spiro atoms. The zero-order valence-corrected chi connectivity index (χ0v) is 9.09. The van der Waals surface area contributed by atoms with Gasteiger partial charge in [-0.15, -0.1) is 0 Å². The number of fused-ring (bicyclic) bond motifs is 1. The zero-order chi connectivity index (χ0) is 11.5. The van der Waals surface area contributed by atoms with Crippen LogP contribution in [0, 0.1) is 5.82 Å². The average Bonchev–Trinajstić information content (AvgIpc) is 2.28. The molecule has 5 heteroatoms. The van der Waals surface area contributed by atoms with Crippen molar-refractivity contribution in [1.29, 1.82) is 0 Å². The molecule has 1 N–H and O–H groups in total. The summed E-state index contributed by atoms with van der Waals surface area (Å²) in [6.45, 7) is 0.164. The molecule has 1 unspecified atom stereocenters. The van der Waals surface area contributed by atoms with Crippen molar-refractivity contribution in [3.8, 4) is 0 Å². The Balaban J connectivity index is 2.46. The Bertz CT molecular complexity index is 544. The molecule has 84 valence electrons. The van der Waals surface area contributed by atoms with Crippen LogP contribution in [0.1, 0.15) is 5.56 Å². The Morgan fingerprint density at radius 3 is 2.56 bits per heavy atom. The van der Waals surface area contributed by atoms with E-state index in [9.17, 15) is 13.2 Å². The fourth-order valence-electron chi connectivity index (χ4n) is 1.62. The molecule has 2 aromatic carbocycles. The predicted molar refractivity (Wildman–Crippen MR) is 59.7 cm³/mol. The van der Waals surface area contributed by atoms with Gasteiger partial charge in [-0.05, 0) is 17.0 Å². The van der Waals surface area contributed by atoms with Crippen molar-refractivity contribution in [2.75, 3.05) is 0 Å². The maximum absolute atomic E-state index is 13.4. The predicted octanol–water partition coefficient (Wildman–Crippen LogP) is 1.86. The number of nitrogens with one attached hydrogen (secondary N) is 1. The minimum Gasteiger partial charge on any atom is -0.760 e. The fourth-order valence-corrected chi connectivity index (χ4v) is 1.89. The standard InChI is InChI=1S/C11H10FNO2S/c12-11-6-5-8(7-13-16(14)15)9-3-1-2-4-10(9)11/h1-6,13H,7H2,(H,14,15)/p-1. The van der Waals surface area contributed by atoms with E-state index in [2.05, 4.69) is 4.72 Å². The normalized spacial score (nSPS) is 12.9. The van der Waals surface area contributed by atoms with Gasteiger partial charge in [0.15, 0.2) is 0 Å². The number of halogens is 1. The van der Waals surface area contributed by atoms with E-state index in [1.54, 1.807) is 30.3 Å². The summed E-state index contributed by atoms with van der Waals surface area (Å²) < 4.78 is 36.5. The van der Waals surface area contributed by atoms with E-state index < -0.39 is 11.3 Å². The van der Waals surface area contributed by atoms with E-state index in [1.165, 1.54) is 6.07 Å². The lowest BCUT2D eigenvalue weighted by Crippen LogP contribution is -2.15. The summed E-state index contributed by atoms with van der Waals surface area (Å²) in [5.74, 6) is -0.303. The highest BCUT2D eigenvalue weighted by Gasteiger charge is 2.04. The van der Waals surface area contributed by atoms with Crippen LogP contribution in [0.3, 0.4) is 0 Å². The van der Waals surface area contributed by atoms with Gasteiger partial charge < -0.3 is 4.55 Å². The minimum absolute atomic E-state index is 0.164. The van der Waals surface area contributed by atoms with E-state index in [1.807, 2.05) is 0 Å². The maximum Gasteiger partial charge on any atom is 0.131 e. The van der Waals surface area contributed by atoms with Crippen molar-refractivity contribution < 1.29 is 13.2 Å². The average molecular weight is 238 g/mol. The molecule has 3 nitrogen and oxygen atoms in total. The second kappa shape index (κ2) is 4.69. The van der Waals surface area contributed by atoms with Gasteiger partial charge in [-0.3, -0.25) is 4.21 Å². The van der Waals surface area contributed by atoms with Crippen molar-refractivity contribution in [2.24, 2.45) is 0 Å². The molecule has 0 saturated carbocycles. The summed E-state index contributed by atoms with van der Waals surface area (Å²) in [5, 5.41) is 1.22. The summed E-state index contributed by atoms with van der Waals surface area (Å²) in [7, 11) is 0. The van der Waals surface area contributed by atoms with Gasteiger partial charge in [0.05, 0.1) is 0 Å². The van der Waals surface area contributed by atoms with Gasteiger partial charge in [-0.25, -0.2) is 9.11 Å². The molecular formula is C11H9FNO2S-. The summed E-state index contributed by atoms with van der Waals surface area (Å²) in [5.41, 5.74) is 0.751. The van der Waals surface area contributed by atoms with Gasteiger partial charge in [-0.1, -0.05) is 30.3 Å². The second-order valence-corrected chi connectivity index (χ2v) is 4.07. The molecule has 0 aromatic heterocycles. The Labute approximate surface area is 94.7 Å². The minimum atomic E-state index is -2.31. The van der Waals surface area contributed by atoms with Crippen molar-refractivity contribution in [3.05, 3.63) is 47.8 Å². The van der Waals surface area contributed by atoms with Crippen LogP contribution in [0.5, 0.6) is 0 Å². The fraction of sp³-hybridized carbons (Fsp3) is 0.0909. The van der Waals surface area contributed by atoms with Crippen LogP contribution in [0.25, 0.3) is 10.8 Å². The van der Waals surface area contributed by atoms with Gasteiger partial charge in [0.25, 0.3) is 0 Å². The van der Waals surface area contributed by atoms with Crippen LogP contribution in [0.2, 0.25) is 0 Å². The quantitative estimate of drug-likeness (QED) is 0.830. The Morgan fingerprint density at radius 2 is 1.88 bits per heavy atom. The number of hydrogen-bond acceptors (Lipinski definition) is 2. The van der Waals surface area contributed by atoms with Crippen LogP contribution >= 0.6 is 0 Å². The summed E-state index contributed by atoms with van der Waals surface area (Å²) in [6, 6.07) is 9.89. The second-order valence-electron chi connectivity index (χ2n) is 3.31. The molecular weight excluding hydrogens is 229 g/mol. The van der Waals surface area contributed by atoms with E-state index >= 15 is 0 Å². The smallest absolute Gasteiger partial charge is 0.131 e. The third-order valence-electron chi connectivity index (χ3n) is 2.34. The first-order valence-corrected chi connectivity index (χ1v) is 5.75. The number of rotatable bonds is 3. The lowest BCUT2D eigenvalue weighted by molar-refractivity contribution is 0.523. The molecule has 16 heavy (non-hydrogen) atoms. The molecule has 0 amide bonds. The first kappa shape index (κ1) is 11.2. The molecule has 0 aliphatic rings. The van der Waals surface area contributed by atoms with E-state index in [4.69, 9.17) is 0 Å². The molecule has 0 heterocycles. The van der Waals surface area contributed by atoms with Crippen molar-refractivity contribution in [2.45, 2.75) is 6.54 Å². The van der Waals surface area contributed by atoms with Gasteiger partial charge in [0, 0.05) is 23.2 Å². The highest BCUT2D eigenvalue weighted by atomic mass is 32.2.